The van der Waals surface area contributed by atoms with Crippen molar-refractivity contribution in [3.05, 3.63) is 53.6 Å². The van der Waals surface area contributed by atoms with Crippen molar-refractivity contribution < 1.29 is 14.3 Å². The number of methoxy groups -OCH3 is 2. The quantitative estimate of drug-likeness (QED) is 0.917. The number of rotatable bonds is 4. The summed E-state index contributed by atoms with van der Waals surface area (Å²) in [6, 6.07) is 12.8. The molecule has 0 aliphatic rings. The van der Waals surface area contributed by atoms with Gasteiger partial charge in [0.05, 0.1) is 19.9 Å². The minimum Gasteiger partial charge on any atom is -0.496 e. The maximum atomic E-state index is 12.4. The fraction of sp³-hybridized carbons (Fsp3) is 0.316. The van der Waals surface area contributed by atoms with E-state index in [9.17, 15) is 4.79 Å². The average Bonchev–Trinajstić information content (AvgIpc) is 2.54. The molecule has 0 unspecified atom stereocenters. The lowest BCUT2D eigenvalue weighted by atomic mass is 9.86. The zero-order chi connectivity index (χ0) is 17.0. The van der Waals surface area contributed by atoms with Gasteiger partial charge in [-0.1, -0.05) is 39.0 Å². The summed E-state index contributed by atoms with van der Waals surface area (Å²) in [5.41, 5.74) is 2.11. The van der Waals surface area contributed by atoms with E-state index in [1.165, 1.54) is 0 Å². The van der Waals surface area contributed by atoms with Crippen LogP contribution >= 0.6 is 0 Å². The fourth-order valence-corrected chi connectivity index (χ4v) is 2.37. The summed E-state index contributed by atoms with van der Waals surface area (Å²) in [7, 11) is 3.21. The second-order valence-electron chi connectivity index (χ2n) is 6.32. The molecule has 0 heterocycles. The van der Waals surface area contributed by atoms with Crippen LogP contribution in [-0.2, 0) is 5.41 Å². The lowest BCUT2D eigenvalue weighted by Crippen LogP contribution is -2.16. The van der Waals surface area contributed by atoms with Crippen molar-refractivity contribution in [2.75, 3.05) is 19.5 Å². The van der Waals surface area contributed by atoms with Crippen molar-refractivity contribution >= 4 is 11.6 Å². The predicted octanol–water partition coefficient (Wildman–Crippen LogP) is 4.25. The van der Waals surface area contributed by atoms with E-state index in [1.807, 2.05) is 24.3 Å². The summed E-state index contributed by atoms with van der Waals surface area (Å²) in [6.07, 6.45) is 0. The normalized spacial score (nSPS) is 11.0. The summed E-state index contributed by atoms with van der Waals surface area (Å²) in [6.45, 7) is 6.31. The van der Waals surface area contributed by atoms with Crippen LogP contribution in [0.1, 0.15) is 36.7 Å². The van der Waals surface area contributed by atoms with E-state index in [0.717, 1.165) is 11.3 Å². The highest BCUT2D eigenvalue weighted by atomic mass is 16.5. The molecule has 4 heteroatoms. The molecule has 2 aromatic rings. The van der Waals surface area contributed by atoms with Gasteiger partial charge in [-0.15, -0.1) is 0 Å². The van der Waals surface area contributed by atoms with E-state index in [-0.39, 0.29) is 11.3 Å². The number of amides is 1. The Labute approximate surface area is 137 Å². The van der Waals surface area contributed by atoms with Crippen LogP contribution in [0.25, 0.3) is 0 Å². The van der Waals surface area contributed by atoms with Crippen molar-refractivity contribution in [1.29, 1.82) is 0 Å². The van der Waals surface area contributed by atoms with Gasteiger partial charge in [0.25, 0.3) is 5.91 Å². The topological polar surface area (TPSA) is 47.6 Å². The Hall–Kier alpha value is -2.49. The fourth-order valence-electron chi connectivity index (χ4n) is 2.37. The Balaban J connectivity index is 2.41. The van der Waals surface area contributed by atoms with Crippen LogP contribution in [0.5, 0.6) is 11.5 Å². The van der Waals surface area contributed by atoms with Gasteiger partial charge in [-0.05, 0) is 23.6 Å². The van der Waals surface area contributed by atoms with Gasteiger partial charge >= 0.3 is 0 Å². The highest BCUT2D eigenvalue weighted by molar-refractivity contribution is 6.05. The van der Waals surface area contributed by atoms with Gasteiger partial charge < -0.3 is 14.8 Å². The molecule has 0 saturated heterocycles. The molecule has 23 heavy (non-hydrogen) atoms. The third-order valence-electron chi connectivity index (χ3n) is 3.61. The molecule has 0 atom stereocenters. The van der Waals surface area contributed by atoms with E-state index < -0.39 is 0 Å². The minimum atomic E-state index is -0.186. The van der Waals surface area contributed by atoms with Crippen LogP contribution in [0.4, 0.5) is 5.69 Å². The molecule has 0 aliphatic heterocycles. The number of hydrogen-bond acceptors (Lipinski definition) is 3. The lowest BCUT2D eigenvalue weighted by Gasteiger charge is -2.24. The summed E-state index contributed by atoms with van der Waals surface area (Å²) < 4.78 is 10.9. The smallest absolute Gasteiger partial charge is 0.255 e. The third-order valence-corrected chi connectivity index (χ3v) is 3.61. The second kappa shape index (κ2) is 6.73. The first-order valence-corrected chi connectivity index (χ1v) is 7.49. The Kier molecular flexibility index (Phi) is 4.94. The van der Waals surface area contributed by atoms with Gasteiger partial charge in [-0.2, -0.15) is 0 Å². The molecule has 4 nitrogen and oxygen atoms in total. The average molecular weight is 313 g/mol. The first-order chi connectivity index (χ1) is 10.9. The third kappa shape index (κ3) is 3.83. The van der Waals surface area contributed by atoms with Crippen molar-refractivity contribution in [3.8, 4) is 11.5 Å². The van der Waals surface area contributed by atoms with E-state index in [0.29, 0.717) is 17.0 Å². The Morgan fingerprint density at radius 1 is 0.957 bits per heavy atom. The Bertz CT molecular complexity index is 688. The number of nitrogens with one attached hydrogen (secondary N) is 1. The number of carbonyl (C=O) groups excluding carboxylic acids is 1. The molecule has 0 saturated carbocycles. The van der Waals surface area contributed by atoms with Crippen LogP contribution in [0, 0.1) is 0 Å². The number of anilines is 1. The van der Waals surface area contributed by atoms with E-state index >= 15 is 0 Å². The molecule has 0 aromatic heterocycles. The van der Waals surface area contributed by atoms with Gasteiger partial charge in [-0.3, -0.25) is 4.79 Å². The summed E-state index contributed by atoms with van der Waals surface area (Å²) in [4.78, 5) is 12.4. The SMILES string of the molecule is COc1cc(C(C)(C)C)c(OC)cc1NC(=O)c1ccccc1. The maximum absolute atomic E-state index is 12.4. The highest BCUT2D eigenvalue weighted by Gasteiger charge is 2.22. The van der Waals surface area contributed by atoms with E-state index in [4.69, 9.17) is 9.47 Å². The van der Waals surface area contributed by atoms with Gasteiger partial charge in [-0.25, -0.2) is 0 Å². The lowest BCUT2D eigenvalue weighted by molar-refractivity contribution is 0.102. The summed E-state index contributed by atoms with van der Waals surface area (Å²) >= 11 is 0. The molecule has 0 radical (unpaired) electrons. The number of benzene rings is 2. The number of ether oxygens (including phenoxy) is 2. The van der Waals surface area contributed by atoms with Crippen molar-refractivity contribution in [2.45, 2.75) is 26.2 Å². The summed E-state index contributed by atoms with van der Waals surface area (Å²) in [5.74, 6) is 1.15. The van der Waals surface area contributed by atoms with Gasteiger partial charge in [0.15, 0.2) is 0 Å². The van der Waals surface area contributed by atoms with Crippen molar-refractivity contribution in [1.82, 2.24) is 0 Å². The van der Waals surface area contributed by atoms with E-state index in [2.05, 4.69) is 26.1 Å². The van der Waals surface area contributed by atoms with E-state index in [1.54, 1.807) is 32.4 Å². The van der Waals surface area contributed by atoms with Crippen LogP contribution < -0.4 is 14.8 Å². The molecule has 0 spiro atoms. The monoisotopic (exact) mass is 313 g/mol. The van der Waals surface area contributed by atoms with Crippen LogP contribution in [0.2, 0.25) is 0 Å². The van der Waals surface area contributed by atoms with Crippen LogP contribution in [0.15, 0.2) is 42.5 Å². The molecule has 0 fully saturated rings. The zero-order valence-corrected chi connectivity index (χ0v) is 14.3. The first-order valence-electron chi connectivity index (χ1n) is 7.49. The number of carbonyl (C=O) groups is 1. The first kappa shape index (κ1) is 16.9. The summed E-state index contributed by atoms with van der Waals surface area (Å²) in [5, 5.41) is 2.89. The van der Waals surface area contributed by atoms with Gasteiger partial charge in [0, 0.05) is 17.2 Å². The molecule has 1 amide bonds. The maximum Gasteiger partial charge on any atom is 0.255 e. The van der Waals surface area contributed by atoms with Crippen LogP contribution in [0.3, 0.4) is 0 Å². The predicted molar refractivity (Wildman–Crippen MR) is 92.6 cm³/mol. The highest BCUT2D eigenvalue weighted by Crippen LogP contribution is 2.39. The zero-order valence-electron chi connectivity index (χ0n) is 14.3. The van der Waals surface area contributed by atoms with Gasteiger partial charge in [0.1, 0.15) is 11.5 Å². The standard InChI is InChI=1S/C19H23NO3/c1-19(2,3)14-11-17(23-5)15(12-16(14)22-4)20-18(21)13-9-7-6-8-10-13/h6-12H,1-5H3,(H,20,21). The number of hydrogen-bond donors (Lipinski definition) is 1. The second-order valence-corrected chi connectivity index (χ2v) is 6.32. The molecule has 2 aromatic carbocycles. The molecule has 122 valence electrons. The largest absolute Gasteiger partial charge is 0.496 e. The minimum absolute atomic E-state index is 0.0966. The molecule has 2 rings (SSSR count). The van der Waals surface area contributed by atoms with Crippen molar-refractivity contribution in [2.24, 2.45) is 0 Å². The van der Waals surface area contributed by atoms with Crippen LogP contribution in [-0.4, -0.2) is 20.1 Å². The molecule has 1 N–H and O–H groups in total. The Morgan fingerprint density at radius 3 is 2.09 bits per heavy atom. The molecular formula is C19H23NO3. The van der Waals surface area contributed by atoms with Crippen molar-refractivity contribution in [3.63, 3.8) is 0 Å². The van der Waals surface area contributed by atoms with Gasteiger partial charge in [0.2, 0.25) is 0 Å². The molecular weight excluding hydrogens is 290 g/mol. The molecule has 0 aliphatic carbocycles. The Morgan fingerprint density at radius 2 is 1.57 bits per heavy atom. The molecule has 0 bridgehead atoms.